The monoisotopic (exact) mass is 634 g/mol. The van der Waals surface area contributed by atoms with Crippen molar-refractivity contribution in [1.82, 2.24) is 24.0 Å². The number of nitrogens with zero attached hydrogens (tertiary/aromatic N) is 4. The first kappa shape index (κ1) is 30.8. The SMILES string of the molecule is CN(C)S(=O)(=O)c1ccc(Nc2nn(C3(CC4SCCS4)CCN(C(=O)OC(C)(C)C)CC3)c3cc[nH]c(=O)c23)cc1. The van der Waals surface area contributed by atoms with Gasteiger partial charge in [0.25, 0.3) is 5.56 Å². The van der Waals surface area contributed by atoms with E-state index in [0.717, 1.165) is 17.9 Å². The van der Waals surface area contributed by atoms with Gasteiger partial charge >= 0.3 is 6.09 Å². The van der Waals surface area contributed by atoms with Gasteiger partial charge in [-0.2, -0.15) is 5.10 Å². The van der Waals surface area contributed by atoms with Gasteiger partial charge in [-0.1, -0.05) is 0 Å². The average molecular weight is 635 g/mol. The lowest BCUT2D eigenvalue weighted by Crippen LogP contribution is -2.50. The van der Waals surface area contributed by atoms with Gasteiger partial charge in [-0.15, -0.1) is 23.5 Å². The Morgan fingerprint density at radius 2 is 1.79 bits per heavy atom. The van der Waals surface area contributed by atoms with Crippen molar-refractivity contribution in [2.75, 3.05) is 44.0 Å². The van der Waals surface area contributed by atoms with Crippen molar-refractivity contribution in [3.8, 4) is 0 Å². The van der Waals surface area contributed by atoms with Crippen LogP contribution in [0.25, 0.3) is 10.9 Å². The second-order valence-electron chi connectivity index (χ2n) is 11.8. The van der Waals surface area contributed by atoms with Crippen molar-refractivity contribution in [3.63, 3.8) is 0 Å². The Hall–Kier alpha value is -2.68. The molecule has 14 heteroatoms. The number of aromatic nitrogens is 3. The first-order valence-corrected chi connectivity index (χ1v) is 17.4. The normalized spacial score (nSPS) is 18.1. The third kappa shape index (κ3) is 6.31. The topological polar surface area (TPSA) is 130 Å². The molecule has 0 atom stereocenters. The zero-order chi connectivity index (χ0) is 30.3. The average Bonchev–Trinajstić information content (AvgIpc) is 3.57. The van der Waals surface area contributed by atoms with E-state index >= 15 is 0 Å². The lowest BCUT2D eigenvalue weighted by atomic mass is 9.84. The summed E-state index contributed by atoms with van der Waals surface area (Å²) in [5, 5.41) is 8.71. The summed E-state index contributed by atoms with van der Waals surface area (Å²) in [4.78, 5) is 30.7. The minimum Gasteiger partial charge on any atom is -0.444 e. The fourth-order valence-electron chi connectivity index (χ4n) is 5.35. The molecule has 1 amide bonds. The van der Waals surface area contributed by atoms with Crippen molar-refractivity contribution < 1.29 is 17.9 Å². The van der Waals surface area contributed by atoms with Crippen LogP contribution in [0.2, 0.25) is 0 Å². The van der Waals surface area contributed by atoms with Crippen molar-refractivity contribution >= 4 is 62.0 Å². The highest BCUT2D eigenvalue weighted by molar-refractivity contribution is 8.20. The maximum Gasteiger partial charge on any atom is 0.410 e. The van der Waals surface area contributed by atoms with E-state index in [1.807, 2.05) is 55.0 Å². The second kappa shape index (κ2) is 11.8. The number of sulfonamides is 1. The molecule has 0 unspecified atom stereocenters. The summed E-state index contributed by atoms with van der Waals surface area (Å²) in [6.45, 7) is 6.64. The number of piperidine rings is 1. The molecule has 0 aliphatic carbocycles. The standard InChI is InChI=1S/C28H38N6O5S3/c1-27(2,3)39-26(36)33-14-11-28(12-15-33,18-22-40-16-17-41-22)34-21-10-13-29-25(35)23(21)24(31-34)30-19-6-8-20(9-7-19)42(37,38)32(4)5/h6-10,13,22H,11-12,14-18H2,1-5H3,(H,29,35)(H,30,31). The highest BCUT2D eigenvalue weighted by atomic mass is 32.2. The molecule has 2 aliphatic heterocycles. The maximum absolute atomic E-state index is 13.2. The number of fused-ring (bicyclic) bond motifs is 1. The molecule has 42 heavy (non-hydrogen) atoms. The zero-order valence-corrected chi connectivity index (χ0v) is 27.0. The number of nitrogens with one attached hydrogen (secondary N) is 2. The van der Waals surface area contributed by atoms with E-state index in [1.54, 1.807) is 23.2 Å². The molecule has 2 aliphatic rings. The first-order chi connectivity index (χ1) is 19.8. The number of likely N-dealkylation sites (tertiary alicyclic amines) is 1. The molecule has 0 radical (unpaired) electrons. The van der Waals surface area contributed by atoms with Crippen molar-refractivity contribution in [3.05, 3.63) is 46.9 Å². The number of hydrogen-bond donors (Lipinski definition) is 2. The van der Waals surface area contributed by atoms with Gasteiger partial charge in [0.05, 0.1) is 20.5 Å². The van der Waals surface area contributed by atoms with Gasteiger partial charge in [-0.25, -0.2) is 17.5 Å². The summed E-state index contributed by atoms with van der Waals surface area (Å²) in [5.41, 5.74) is 0.0737. The van der Waals surface area contributed by atoms with Gasteiger partial charge in [0.15, 0.2) is 5.82 Å². The fraction of sp³-hybridized carbons (Fsp3) is 0.536. The predicted molar refractivity (Wildman–Crippen MR) is 169 cm³/mol. The molecule has 2 N–H and O–H groups in total. The highest BCUT2D eigenvalue weighted by Gasteiger charge is 2.43. The van der Waals surface area contributed by atoms with Crippen LogP contribution >= 0.6 is 23.5 Å². The summed E-state index contributed by atoms with van der Waals surface area (Å²) >= 11 is 3.90. The van der Waals surface area contributed by atoms with Gasteiger partial charge < -0.3 is 19.9 Å². The Labute approximate surface area is 254 Å². The number of ether oxygens (including phenoxy) is 1. The largest absolute Gasteiger partial charge is 0.444 e. The highest BCUT2D eigenvalue weighted by Crippen LogP contribution is 2.45. The van der Waals surface area contributed by atoms with Crippen LogP contribution in [-0.4, -0.2) is 87.4 Å². The molecular weight excluding hydrogens is 597 g/mol. The number of benzene rings is 1. The minimum absolute atomic E-state index is 0.175. The fourth-order valence-corrected chi connectivity index (χ4v) is 9.37. The maximum atomic E-state index is 13.2. The number of aromatic amines is 1. The number of H-pyrrole nitrogens is 1. The summed E-state index contributed by atoms with van der Waals surface area (Å²) in [7, 11) is -0.591. The van der Waals surface area contributed by atoms with Gasteiger partial charge in [-0.05, 0) is 70.4 Å². The summed E-state index contributed by atoms with van der Waals surface area (Å²) in [6, 6.07) is 8.27. The molecule has 1 aromatic carbocycles. The molecular formula is C28H38N6O5S3. The number of rotatable bonds is 7. The number of carbonyl (C=O) groups is 1. The number of pyridine rings is 1. The smallest absolute Gasteiger partial charge is 0.410 e. The molecule has 11 nitrogen and oxygen atoms in total. The van der Waals surface area contributed by atoms with Crippen LogP contribution < -0.4 is 10.9 Å². The molecule has 2 saturated heterocycles. The third-order valence-electron chi connectivity index (χ3n) is 7.53. The van der Waals surface area contributed by atoms with Crippen molar-refractivity contribution in [2.45, 2.75) is 60.7 Å². The van der Waals surface area contributed by atoms with E-state index in [1.165, 1.54) is 30.5 Å². The van der Waals surface area contributed by atoms with Crippen LogP contribution in [0.4, 0.5) is 16.3 Å². The number of anilines is 2. The number of thioether (sulfide) groups is 2. The van der Waals surface area contributed by atoms with Crippen molar-refractivity contribution in [2.24, 2.45) is 0 Å². The van der Waals surface area contributed by atoms with E-state index in [0.29, 0.717) is 52.9 Å². The second-order valence-corrected chi connectivity index (χ2v) is 16.9. The summed E-state index contributed by atoms with van der Waals surface area (Å²) in [6.07, 6.45) is 3.51. The molecule has 4 heterocycles. The molecule has 2 fully saturated rings. The Balaban J connectivity index is 1.50. The van der Waals surface area contributed by atoms with E-state index in [2.05, 4.69) is 10.3 Å². The van der Waals surface area contributed by atoms with Crippen LogP contribution in [0.3, 0.4) is 0 Å². The Morgan fingerprint density at radius 1 is 1.14 bits per heavy atom. The van der Waals surface area contributed by atoms with E-state index in [9.17, 15) is 18.0 Å². The van der Waals surface area contributed by atoms with E-state index in [-0.39, 0.29) is 16.5 Å². The van der Waals surface area contributed by atoms with Crippen LogP contribution in [0, 0.1) is 0 Å². The number of amides is 1. The lowest BCUT2D eigenvalue weighted by molar-refractivity contribution is 0.0100. The molecule has 0 saturated carbocycles. The molecule has 5 rings (SSSR count). The number of carbonyl (C=O) groups excluding carboxylic acids is 1. The molecule has 228 valence electrons. The Kier molecular flexibility index (Phi) is 8.63. The molecule has 2 aromatic heterocycles. The van der Waals surface area contributed by atoms with Crippen LogP contribution in [0.15, 0.2) is 46.2 Å². The van der Waals surface area contributed by atoms with Crippen LogP contribution in [0.5, 0.6) is 0 Å². The Bertz CT molecular complexity index is 1600. The van der Waals surface area contributed by atoms with Crippen LogP contribution in [0.1, 0.15) is 40.0 Å². The van der Waals surface area contributed by atoms with Gasteiger partial charge in [-0.3, -0.25) is 9.48 Å². The third-order valence-corrected chi connectivity index (χ3v) is 12.4. The van der Waals surface area contributed by atoms with E-state index < -0.39 is 21.2 Å². The van der Waals surface area contributed by atoms with Gasteiger partial charge in [0.2, 0.25) is 10.0 Å². The zero-order valence-electron chi connectivity index (χ0n) is 24.5. The van der Waals surface area contributed by atoms with Crippen LogP contribution in [-0.2, 0) is 20.3 Å². The van der Waals surface area contributed by atoms with Gasteiger partial charge in [0.1, 0.15) is 11.0 Å². The van der Waals surface area contributed by atoms with Gasteiger partial charge in [0, 0.05) is 50.6 Å². The Morgan fingerprint density at radius 3 is 2.38 bits per heavy atom. The molecule has 0 spiro atoms. The quantitative estimate of drug-likeness (QED) is 0.382. The minimum atomic E-state index is -3.57. The van der Waals surface area contributed by atoms with E-state index in [4.69, 9.17) is 9.84 Å². The predicted octanol–water partition coefficient (Wildman–Crippen LogP) is 4.64. The number of hydrogen-bond acceptors (Lipinski definition) is 9. The summed E-state index contributed by atoms with van der Waals surface area (Å²) in [5.74, 6) is 2.60. The summed E-state index contributed by atoms with van der Waals surface area (Å²) < 4.78 is 34.2. The van der Waals surface area contributed by atoms with Crippen molar-refractivity contribution in [1.29, 1.82) is 0 Å². The lowest BCUT2D eigenvalue weighted by Gasteiger charge is -2.43. The molecule has 0 bridgehead atoms. The first-order valence-electron chi connectivity index (χ1n) is 13.9. The molecule has 3 aromatic rings.